The highest BCUT2D eigenvalue weighted by atomic mass is 19.1. The quantitative estimate of drug-likeness (QED) is 0.877. The van der Waals surface area contributed by atoms with Crippen molar-refractivity contribution < 1.29 is 4.39 Å². The summed E-state index contributed by atoms with van der Waals surface area (Å²) in [6, 6.07) is 7.19. The van der Waals surface area contributed by atoms with Gasteiger partial charge in [0.1, 0.15) is 5.82 Å². The van der Waals surface area contributed by atoms with Gasteiger partial charge in [-0.2, -0.15) is 0 Å². The first-order valence-electron chi connectivity index (χ1n) is 7.44. The van der Waals surface area contributed by atoms with Gasteiger partial charge in [-0.05, 0) is 63.6 Å². The van der Waals surface area contributed by atoms with Crippen LogP contribution in [-0.4, -0.2) is 31.6 Å². The molecule has 2 rings (SSSR count). The fourth-order valence-electron chi connectivity index (χ4n) is 2.84. The standard InChI is InChI=1S/C16H25FN2/c1-18-16(14-6-8-15(17)9-7-14)10-13-19-11-4-2-3-5-12-19/h6-9,16,18H,2-5,10-13H2,1H3. The summed E-state index contributed by atoms with van der Waals surface area (Å²) in [6.07, 6.45) is 6.51. The largest absolute Gasteiger partial charge is 0.313 e. The average molecular weight is 264 g/mol. The maximum Gasteiger partial charge on any atom is 0.123 e. The molecule has 1 N–H and O–H groups in total. The van der Waals surface area contributed by atoms with Gasteiger partial charge in [0.25, 0.3) is 0 Å². The molecule has 0 aromatic heterocycles. The van der Waals surface area contributed by atoms with Crippen LogP contribution in [-0.2, 0) is 0 Å². The molecular formula is C16H25FN2. The van der Waals surface area contributed by atoms with Crippen LogP contribution in [0.3, 0.4) is 0 Å². The van der Waals surface area contributed by atoms with Gasteiger partial charge < -0.3 is 10.2 Å². The van der Waals surface area contributed by atoms with Crippen LogP contribution in [0.4, 0.5) is 4.39 Å². The molecule has 1 aromatic carbocycles. The highest BCUT2D eigenvalue weighted by molar-refractivity contribution is 5.19. The van der Waals surface area contributed by atoms with E-state index in [1.165, 1.54) is 44.3 Å². The average Bonchev–Trinajstić information content (AvgIpc) is 2.70. The van der Waals surface area contributed by atoms with Gasteiger partial charge in [-0.25, -0.2) is 4.39 Å². The first-order chi connectivity index (χ1) is 9.29. The molecule has 0 amide bonds. The van der Waals surface area contributed by atoms with E-state index in [0.717, 1.165) is 13.0 Å². The van der Waals surface area contributed by atoms with Crippen LogP contribution in [0.2, 0.25) is 0 Å². The Morgan fingerprint density at radius 1 is 1.11 bits per heavy atom. The van der Waals surface area contributed by atoms with Gasteiger partial charge in [-0.3, -0.25) is 0 Å². The molecule has 1 saturated heterocycles. The summed E-state index contributed by atoms with van der Waals surface area (Å²) in [5, 5.41) is 3.34. The summed E-state index contributed by atoms with van der Waals surface area (Å²) < 4.78 is 12.9. The summed E-state index contributed by atoms with van der Waals surface area (Å²) in [4.78, 5) is 2.57. The van der Waals surface area contributed by atoms with Crippen LogP contribution in [0.1, 0.15) is 43.7 Å². The number of likely N-dealkylation sites (tertiary alicyclic amines) is 1. The lowest BCUT2D eigenvalue weighted by Gasteiger charge is -2.23. The van der Waals surface area contributed by atoms with Crippen LogP contribution in [0.15, 0.2) is 24.3 Å². The molecule has 0 bridgehead atoms. The monoisotopic (exact) mass is 264 g/mol. The van der Waals surface area contributed by atoms with Crippen molar-refractivity contribution in [2.75, 3.05) is 26.7 Å². The van der Waals surface area contributed by atoms with E-state index in [-0.39, 0.29) is 5.82 Å². The molecule has 2 nitrogen and oxygen atoms in total. The van der Waals surface area contributed by atoms with Crippen molar-refractivity contribution in [3.05, 3.63) is 35.6 Å². The first kappa shape index (κ1) is 14.5. The van der Waals surface area contributed by atoms with E-state index >= 15 is 0 Å². The zero-order valence-electron chi connectivity index (χ0n) is 11.9. The van der Waals surface area contributed by atoms with Gasteiger partial charge in [0, 0.05) is 6.04 Å². The topological polar surface area (TPSA) is 15.3 Å². The zero-order chi connectivity index (χ0) is 13.5. The van der Waals surface area contributed by atoms with E-state index in [0.29, 0.717) is 6.04 Å². The zero-order valence-corrected chi connectivity index (χ0v) is 11.9. The predicted molar refractivity (Wildman–Crippen MR) is 77.7 cm³/mol. The lowest BCUT2D eigenvalue weighted by Crippen LogP contribution is -2.29. The molecule has 1 aliphatic heterocycles. The summed E-state index contributed by atoms with van der Waals surface area (Å²) >= 11 is 0. The van der Waals surface area contributed by atoms with Gasteiger partial charge in [0.05, 0.1) is 0 Å². The van der Waals surface area contributed by atoms with Crippen molar-refractivity contribution in [3.8, 4) is 0 Å². The molecule has 1 aliphatic rings. The van der Waals surface area contributed by atoms with Crippen LogP contribution in [0.25, 0.3) is 0 Å². The number of nitrogens with zero attached hydrogens (tertiary/aromatic N) is 1. The van der Waals surface area contributed by atoms with Crippen LogP contribution < -0.4 is 5.32 Å². The lowest BCUT2D eigenvalue weighted by atomic mass is 10.0. The number of rotatable bonds is 5. The first-order valence-corrected chi connectivity index (χ1v) is 7.44. The maximum absolute atomic E-state index is 12.9. The van der Waals surface area contributed by atoms with E-state index in [1.807, 2.05) is 19.2 Å². The minimum absolute atomic E-state index is 0.161. The second-order valence-electron chi connectivity index (χ2n) is 5.44. The van der Waals surface area contributed by atoms with Gasteiger partial charge in [-0.15, -0.1) is 0 Å². The van der Waals surface area contributed by atoms with Crippen molar-refractivity contribution >= 4 is 0 Å². The third-order valence-corrected chi connectivity index (χ3v) is 4.05. The molecule has 3 heteroatoms. The fraction of sp³-hybridized carbons (Fsp3) is 0.625. The Morgan fingerprint density at radius 3 is 2.32 bits per heavy atom. The molecular weight excluding hydrogens is 239 g/mol. The number of benzene rings is 1. The second-order valence-corrected chi connectivity index (χ2v) is 5.44. The highest BCUT2D eigenvalue weighted by Gasteiger charge is 2.13. The minimum atomic E-state index is -0.161. The number of halogens is 1. The second kappa shape index (κ2) is 7.61. The van der Waals surface area contributed by atoms with E-state index in [9.17, 15) is 4.39 Å². The van der Waals surface area contributed by atoms with Crippen LogP contribution >= 0.6 is 0 Å². The van der Waals surface area contributed by atoms with Crippen molar-refractivity contribution in [1.29, 1.82) is 0 Å². The molecule has 1 heterocycles. The Balaban J connectivity index is 1.86. The van der Waals surface area contributed by atoms with E-state index in [4.69, 9.17) is 0 Å². The Kier molecular flexibility index (Phi) is 5.80. The molecule has 19 heavy (non-hydrogen) atoms. The SMILES string of the molecule is CNC(CCN1CCCCCC1)c1ccc(F)cc1. The Morgan fingerprint density at radius 2 is 1.74 bits per heavy atom. The van der Waals surface area contributed by atoms with E-state index in [2.05, 4.69) is 10.2 Å². The molecule has 106 valence electrons. The maximum atomic E-state index is 12.9. The van der Waals surface area contributed by atoms with Crippen LogP contribution in [0.5, 0.6) is 0 Å². The Bertz CT molecular complexity index is 356. The summed E-state index contributed by atoms with van der Waals surface area (Å²) in [5.41, 5.74) is 1.18. The third kappa shape index (κ3) is 4.59. The molecule has 0 radical (unpaired) electrons. The van der Waals surface area contributed by atoms with Crippen molar-refractivity contribution in [2.45, 2.75) is 38.1 Å². The summed E-state index contributed by atoms with van der Waals surface area (Å²) in [5.74, 6) is -0.161. The molecule has 1 unspecified atom stereocenters. The summed E-state index contributed by atoms with van der Waals surface area (Å²) in [7, 11) is 1.98. The van der Waals surface area contributed by atoms with Crippen molar-refractivity contribution in [3.63, 3.8) is 0 Å². The smallest absolute Gasteiger partial charge is 0.123 e. The van der Waals surface area contributed by atoms with Gasteiger partial charge in [0.2, 0.25) is 0 Å². The number of hydrogen-bond acceptors (Lipinski definition) is 2. The van der Waals surface area contributed by atoms with Gasteiger partial charge in [0.15, 0.2) is 0 Å². The Labute approximate surface area is 116 Å². The van der Waals surface area contributed by atoms with E-state index < -0.39 is 0 Å². The Hall–Kier alpha value is -0.930. The van der Waals surface area contributed by atoms with E-state index in [1.54, 1.807) is 12.1 Å². The predicted octanol–water partition coefficient (Wildman–Crippen LogP) is 3.35. The molecule has 0 spiro atoms. The molecule has 0 saturated carbocycles. The van der Waals surface area contributed by atoms with Crippen molar-refractivity contribution in [1.82, 2.24) is 10.2 Å². The van der Waals surface area contributed by atoms with Gasteiger partial charge >= 0.3 is 0 Å². The molecule has 1 atom stereocenters. The molecule has 1 aromatic rings. The molecule has 1 fully saturated rings. The van der Waals surface area contributed by atoms with Crippen molar-refractivity contribution in [2.24, 2.45) is 0 Å². The minimum Gasteiger partial charge on any atom is -0.313 e. The third-order valence-electron chi connectivity index (χ3n) is 4.05. The van der Waals surface area contributed by atoms with Crippen LogP contribution in [0, 0.1) is 5.82 Å². The molecule has 0 aliphatic carbocycles. The van der Waals surface area contributed by atoms with Gasteiger partial charge in [-0.1, -0.05) is 25.0 Å². The fourth-order valence-corrected chi connectivity index (χ4v) is 2.84. The summed E-state index contributed by atoms with van der Waals surface area (Å²) in [6.45, 7) is 3.60. The number of nitrogens with one attached hydrogen (secondary N) is 1. The lowest BCUT2D eigenvalue weighted by molar-refractivity contribution is 0.268. The highest BCUT2D eigenvalue weighted by Crippen LogP contribution is 2.18. The number of hydrogen-bond donors (Lipinski definition) is 1. The normalized spacial score (nSPS) is 19.1.